The molecule has 1 aromatic carbocycles. The van der Waals surface area contributed by atoms with Gasteiger partial charge in [-0.3, -0.25) is 14.4 Å². The molecule has 0 fully saturated rings. The molecule has 6 nitrogen and oxygen atoms in total. The van der Waals surface area contributed by atoms with Crippen LogP contribution >= 0.6 is 0 Å². The fourth-order valence-corrected chi connectivity index (χ4v) is 5.28. The average Bonchev–Trinajstić information content (AvgIpc) is 2.66. The molecule has 0 heterocycles. The first-order valence-corrected chi connectivity index (χ1v) is 12.6. The standard InChI is InChI=1S/C22H34O6Si/c1-4-12-20(23)26-29(27-21(24)13-5-2,28-22(25)14-6-3)18-11-10-17-19-15-8-7-9-16-19/h7-9,15-16H,4-6,10-14,17-18H2,1-3H3. The monoisotopic (exact) mass is 422 g/mol. The molecule has 162 valence electrons. The number of benzene rings is 1. The third-order valence-corrected chi connectivity index (χ3v) is 6.79. The second-order valence-electron chi connectivity index (χ2n) is 7.05. The van der Waals surface area contributed by atoms with E-state index in [9.17, 15) is 14.4 Å². The molecule has 0 aliphatic carbocycles. The lowest BCUT2D eigenvalue weighted by molar-refractivity contribution is -0.150. The molecule has 0 spiro atoms. The molecule has 0 aromatic heterocycles. The molecule has 0 amide bonds. The first-order chi connectivity index (χ1) is 13.9. The predicted octanol–water partition coefficient (Wildman–Crippen LogP) is 4.98. The van der Waals surface area contributed by atoms with E-state index in [4.69, 9.17) is 13.3 Å². The van der Waals surface area contributed by atoms with Gasteiger partial charge in [-0.15, -0.1) is 0 Å². The molecule has 29 heavy (non-hydrogen) atoms. The van der Waals surface area contributed by atoms with Crippen molar-refractivity contribution >= 4 is 26.7 Å². The van der Waals surface area contributed by atoms with E-state index in [0.29, 0.717) is 25.7 Å². The maximum atomic E-state index is 12.2. The number of hydrogen-bond acceptors (Lipinski definition) is 6. The summed E-state index contributed by atoms with van der Waals surface area (Å²) in [7, 11) is -3.78. The third kappa shape index (κ3) is 10.3. The highest BCUT2D eigenvalue weighted by Gasteiger charge is 2.52. The summed E-state index contributed by atoms with van der Waals surface area (Å²) < 4.78 is 16.7. The van der Waals surface area contributed by atoms with Gasteiger partial charge in [0.15, 0.2) is 0 Å². The number of rotatable bonds is 14. The Balaban J connectivity index is 2.90. The van der Waals surface area contributed by atoms with Gasteiger partial charge >= 0.3 is 8.80 Å². The van der Waals surface area contributed by atoms with Crippen molar-refractivity contribution < 1.29 is 27.7 Å². The number of hydrogen-bond donors (Lipinski definition) is 0. The van der Waals surface area contributed by atoms with E-state index in [1.54, 1.807) is 0 Å². The van der Waals surface area contributed by atoms with Crippen molar-refractivity contribution in [1.82, 2.24) is 0 Å². The maximum Gasteiger partial charge on any atom is 0.705 e. The zero-order valence-corrected chi connectivity index (χ0v) is 18.9. The summed E-state index contributed by atoms with van der Waals surface area (Å²) in [5.74, 6) is -1.47. The molecule has 1 aromatic rings. The van der Waals surface area contributed by atoms with E-state index in [0.717, 1.165) is 12.8 Å². The van der Waals surface area contributed by atoms with E-state index in [1.807, 2.05) is 39.0 Å². The highest BCUT2D eigenvalue weighted by Crippen LogP contribution is 2.23. The highest BCUT2D eigenvalue weighted by molar-refractivity contribution is 6.65. The molecule has 0 atom stereocenters. The summed E-state index contributed by atoms with van der Waals surface area (Å²) in [6, 6.07) is 10.3. The molecule has 0 aliphatic rings. The van der Waals surface area contributed by atoms with Gasteiger partial charge in [0, 0.05) is 19.3 Å². The van der Waals surface area contributed by atoms with Gasteiger partial charge in [-0.05, 0) is 44.1 Å². The van der Waals surface area contributed by atoms with Crippen molar-refractivity contribution in [3.63, 3.8) is 0 Å². The Bertz CT molecular complexity index is 581. The topological polar surface area (TPSA) is 78.9 Å². The van der Waals surface area contributed by atoms with Crippen LogP contribution in [0, 0.1) is 0 Å². The smallest absolute Gasteiger partial charge is 0.455 e. The molecule has 0 bridgehead atoms. The van der Waals surface area contributed by atoms with Crippen LogP contribution < -0.4 is 0 Å². The molecule has 0 unspecified atom stereocenters. The van der Waals surface area contributed by atoms with E-state index in [-0.39, 0.29) is 25.3 Å². The van der Waals surface area contributed by atoms with Gasteiger partial charge in [-0.1, -0.05) is 51.1 Å². The minimum atomic E-state index is -3.78. The summed E-state index contributed by atoms with van der Waals surface area (Å²) in [5.41, 5.74) is 1.20. The quantitative estimate of drug-likeness (QED) is 0.311. The predicted molar refractivity (Wildman–Crippen MR) is 113 cm³/mol. The summed E-state index contributed by atoms with van der Waals surface area (Å²) >= 11 is 0. The Morgan fingerprint density at radius 1 is 0.724 bits per heavy atom. The van der Waals surface area contributed by atoms with Crippen LogP contribution in [0.3, 0.4) is 0 Å². The minimum absolute atomic E-state index is 0.190. The SMILES string of the molecule is CCCC(=O)O[Si](CCCCc1ccccc1)(OC(=O)CCC)OC(=O)CCC. The fraction of sp³-hybridized carbons (Fsp3) is 0.591. The second-order valence-corrected chi connectivity index (χ2v) is 9.53. The largest absolute Gasteiger partial charge is 0.705 e. The summed E-state index contributed by atoms with van der Waals surface area (Å²) in [4.78, 5) is 36.7. The van der Waals surface area contributed by atoms with Crippen LogP contribution in [0.5, 0.6) is 0 Å². The van der Waals surface area contributed by atoms with Gasteiger partial charge in [0.25, 0.3) is 17.9 Å². The molecule has 1 rings (SSSR count). The fourth-order valence-electron chi connectivity index (χ4n) is 2.82. The van der Waals surface area contributed by atoms with E-state index >= 15 is 0 Å². The summed E-state index contributed by atoms with van der Waals surface area (Å²) in [6.07, 6.45) is 4.65. The van der Waals surface area contributed by atoms with Crippen LogP contribution in [0.4, 0.5) is 0 Å². The van der Waals surface area contributed by atoms with Crippen LogP contribution in [-0.2, 0) is 34.1 Å². The molecule has 0 saturated carbocycles. The normalized spacial score (nSPS) is 11.0. The molecular formula is C22H34O6Si. The lowest BCUT2D eigenvalue weighted by Crippen LogP contribution is -2.50. The average molecular weight is 423 g/mol. The Hall–Kier alpha value is -2.15. The summed E-state index contributed by atoms with van der Waals surface area (Å²) in [5, 5.41) is 0. The van der Waals surface area contributed by atoms with Crippen LogP contribution in [0.2, 0.25) is 6.04 Å². The van der Waals surface area contributed by atoms with Gasteiger partial charge in [-0.25, -0.2) is 0 Å². The minimum Gasteiger partial charge on any atom is -0.455 e. The van der Waals surface area contributed by atoms with Crippen molar-refractivity contribution in [2.45, 2.75) is 84.6 Å². The zero-order chi connectivity index (χ0) is 21.5. The Kier molecular flexibility index (Phi) is 12.0. The lowest BCUT2D eigenvalue weighted by atomic mass is 10.1. The molecule has 0 saturated heterocycles. The van der Waals surface area contributed by atoms with Crippen molar-refractivity contribution in [1.29, 1.82) is 0 Å². The van der Waals surface area contributed by atoms with Crippen molar-refractivity contribution in [3.05, 3.63) is 35.9 Å². The van der Waals surface area contributed by atoms with Crippen LogP contribution in [-0.4, -0.2) is 26.7 Å². The molecule has 0 aliphatic heterocycles. The van der Waals surface area contributed by atoms with Crippen LogP contribution in [0.15, 0.2) is 30.3 Å². The van der Waals surface area contributed by atoms with E-state index in [1.165, 1.54) is 5.56 Å². The number of aryl methyl sites for hydroxylation is 1. The highest BCUT2D eigenvalue weighted by atomic mass is 28.4. The Labute approximate surface area is 175 Å². The Morgan fingerprint density at radius 2 is 1.17 bits per heavy atom. The molecule has 0 N–H and O–H groups in total. The number of carbonyl (C=O) groups excluding carboxylic acids is 3. The van der Waals surface area contributed by atoms with Gasteiger partial charge < -0.3 is 13.3 Å². The van der Waals surface area contributed by atoms with Gasteiger partial charge in [0.1, 0.15) is 0 Å². The number of unbranched alkanes of at least 4 members (excludes halogenated alkanes) is 1. The number of carbonyl (C=O) groups is 3. The Morgan fingerprint density at radius 3 is 1.59 bits per heavy atom. The van der Waals surface area contributed by atoms with Crippen molar-refractivity contribution in [2.24, 2.45) is 0 Å². The van der Waals surface area contributed by atoms with Crippen LogP contribution in [0.1, 0.15) is 77.7 Å². The van der Waals surface area contributed by atoms with Crippen molar-refractivity contribution in [2.75, 3.05) is 0 Å². The first kappa shape index (κ1) is 24.9. The molecule has 0 radical (unpaired) electrons. The lowest BCUT2D eigenvalue weighted by Gasteiger charge is -2.27. The molecule has 7 heteroatoms. The second kappa shape index (κ2) is 13.9. The van der Waals surface area contributed by atoms with E-state index < -0.39 is 26.7 Å². The molecular weight excluding hydrogens is 388 g/mol. The van der Waals surface area contributed by atoms with Gasteiger partial charge in [0.2, 0.25) is 0 Å². The zero-order valence-electron chi connectivity index (χ0n) is 17.9. The third-order valence-electron chi connectivity index (χ3n) is 4.21. The summed E-state index contributed by atoms with van der Waals surface area (Å²) in [6.45, 7) is 5.57. The maximum absolute atomic E-state index is 12.2. The van der Waals surface area contributed by atoms with Crippen molar-refractivity contribution in [3.8, 4) is 0 Å². The first-order valence-electron chi connectivity index (χ1n) is 10.6. The van der Waals surface area contributed by atoms with Gasteiger partial charge in [0.05, 0.1) is 6.04 Å². The van der Waals surface area contributed by atoms with Gasteiger partial charge in [-0.2, -0.15) is 0 Å². The van der Waals surface area contributed by atoms with Crippen LogP contribution in [0.25, 0.3) is 0 Å². The van der Waals surface area contributed by atoms with E-state index in [2.05, 4.69) is 12.1 Å².